The smallest absolute Gasteiger partial charge is 0.406 e. The van der Waals surface area contributed by atoms with E-state index in [0.29, 0.717) is 0 Å². The number of aliphatic hydroxyl groups is 1. The van der Waals surface area contributed by atoms with E-state index in [4.69, 9.17) is 0 Å². The van der Waals surface area contributed by atoms with E-state index in [2.05, 4.69) is 30.1 Å². The van der Waals surface area contributed by atoms with Crippen LogP contribution in [-0.2, 0) is 0 Å². The maximum atomic E-state index is 12.7. The minimum atomic E-state index is -4.89. The number of nitrogens with one attached hydrogen (secondary N) is 2. The van der Waals surface area contributed by atoms with E-state index >= 15 is 0 Å². The molecule has 0 spiro atoms. The Balaban J connectivity index is 1.99. The van der Waals surface area contributed by atoms with Crippen molar-refractivity contribution in [3.8, 4) is 22.8 Å². The summed E-state index contributed by atoms with van der Waals surface area (Å²) in [7, 11) is 0. The van der Waals surface area contributed by atoms with Crippen molar-refractivity contribution >= 4 is 17.5 Å². The van der Waals surface area contributed by atoms with Crippen LogP contribution in [0.15, 0.2) is 54.6 Å². The van der Waals surface area contributed by atoms with Crippen LogP contribution in [0.4, 0.5) is 43.8 Å². The fourth-order valence-electron chi connectivity index (χ4n) is 3.08. The first kappa shape index (κ1) is 26.9. The van der Waals surface area contributed by atoms with Crippen LogP contribution in [0.3, 0.4) is 0 Å². The molecule has 0 aliphatic rings. The van der Waals surface area contributed by atoms with Crippen molar-refractivity contribution in [1.29, 1.82) is 0 Å². The Bertz CT molecular complexity index is 1170. The van der Waals surface area contributed by atoms with Crippen molar-refractivity contribution in [2.75, 3.05) is 17.2 Å². The van der Waals surface area contributed by atoms with Gasteiger partial charge in [0.15, 0.2) is 0 Å². The number of ether oxygens (including phenoxy) is 2. The van der Waals surface area contributed by atoms with Crippen molar-refractivity contribution < 1.29 is 40.9 Å². The molecule has 0 unspecified atom stereocenters. The molecule has 0 aliphatic carbocycles. The minimum absolute atomic E-state index is 0.0293. The van der Waals surface area contributed by atoms with E-state index < -0.39 is 30.3 Å². The summed E-state index contributed by atoms with van der Waals surface area (Å²) in [5.74, 6) is -0.799. The summed E-state index contributed by atoms with van der Waals surface area (Å²) in [6, 6.07) is 11.1. The maximum absolute atomic E-state index is 12.7. The van der Waals surface area contributed by atoms with Gasteiger partial charge in [0.1, 0.15) is 17.3 Å². The van der Waals surface area contributed by atoms with Gasteiger partial charge in [0.25, 0.3) is 0 Å². The molecular weight excluding hydrogens is 494 g/mol. The average Bonchev–Trinajstić information content (AvgIpc) is 2.75. The molecule has 13 heteroatoms. The normalized spacial score (nSPS) is 12.8. The lowest BCUT2D eigenvalue weighted by molar-refractivity contribution is -0.275. The molecule has 0 fully saturated rings. The largest absolute Gasteiger partial charge is 0.573 e. The molecule has 3 aromatic rings. The zero-order chi connectivity index (χ0) is 26.5. The first-order valence-electron chi connectivity index (χ1n) is 10.6. The molecule has 36 heavy (non-hydrogen) atoms. The van der Waals surface area contributed by atoms with Crippen molar-refractivity contribution in [1.82, 2.24) is 9.97 Å². The molecule has 1 aromatic heterocycles. The van der Waals surface area contributed by atoms with Gasteiger partial charge in [-0.1, -0.05) is 32.0 Å². The summed E-state index contributed by atoms with van der Waals surface area (Å²) >= 11 is 0. The van der Waals surface area contributed by atoms with Crippen LogP contribution in [0.25, 0.3) is 11.3 Å². The lowest BCUT2D eigenvalue weighted by Crippen LogP contribution is -2.30. The molecule has 194 valence electrons. The average molecular weight is 516 g/mol. The molecule has 1 atom stereocenters. The topological polar surface area (TPSA) is 88.5 Å². The van der Waals surface area contributed by atoms with Gasteiger partial charge >= 0.3 is 12.7 Å². The van der Waals surface area contributed by atoms with Crippen LogP contribution >= 0.6 is 0 Å². The molecule has 0 aliphatic heterocycles. The van der Waals surface area contributed by atoms with E-state index in [1.54, 1.807) is 0 Å². The SMILES string of the molecule is CC(C)[C@H](CO)Nc1nc(Nc2cccc(OC(F)(F)F)c2)cc(-c2cccc(OC(F)(F)F)c2)n1. The number of aromatic nitrogens is 2. The molecule has 2 aromatic carbocycles. The second-order valence-electron chi connectivity index (χ2n) is 7.92. The van der Waals surface area contributed by atoms with Crippen LogP contribution in [0, 0.1) is 5.92 Å². The van der Waals surface area contributed by atoms with Crippen molar-refractivity contribution in [2.24, 2.45) is 5.92 Å². The second-order valence-corrected chi connectivity index (χ2v) is 7.92. The Labute approximate surface area is 202 Å². The highest BCUT2D eigenvalue weighted by molar-refractivity contribution is 5.69. The van der Waals surface area contributed by atoms with Crippen LogP contribution in [0.5, 0.6) is 11.5 Å². The highest BCUT2D eigenvalue weighted by Gasteiger charge is 2.32. The van der Waals surface area contributed by atoms with E-state index in [1.165, 1.54) is 30.3 Å². The molecule has 3 rings (SSSR count). The summed E-state index contributed by atoms with van der Waals surface area (Å²) in [5.41, 5.74) is 0.638. The molecule has 7 nitrogen and oxygen atoms in total. The van der Waals surface area contributed by atoms with Gasteiger partial charge in [-0.3, -0.25) is 0 Å². The first-order chi connectivity index (χ1) is 16.8. The van der Waals surface area contributed by atoms with Gasteiger partial charge in [-0.05, 0) is 30.2 Å². The minimum Gasteiger partial charge on any atom is -0.406 e. The summed E-state index contributed by atoms with van der Waals surface area (Å²) < 4.78 is 83.6. The monoisotopic (exact) mass is 516 g/mol. The molecule has 0 radical (unpaired) electrons. The third kappa shape index (κ3) is 8.18. The van der Waals surface area contributed by atoms with Crippen LogP contribution in [0.2, 0.25) is 0 Å². The Morgan fingerprint density at radius 3 is 2.06 bits per heavy atom. The number of hydrogen-bond acceptors (Lipinski definition) is 7. The quantitative estimate of drug-likeness (QED) is 0.296. The fraction of sp³-hybridized carbons (Fsp3) is 0.304. The van der Waals surface area contributed by atoms with Crippen molar-refractivity contribution in [3.05, 3.63) is 54.6 Å². The second kappa shape index (κ2) is 10.9. The van der Waals surface area contributed by atoms with Gasteiger partial charge in [0.2, 0.25) is 5.95 Å². The van der Waals surface area contributed by atoms with Gasteiger partial charge in [0, 0.05) is 23.4 Å². The van der Waals surface area contributed by atoms with E-state index in [1.807, 2.05) is 13.8 Å². The number of alkyl halides is 6. The highest BCUT2D eigenvalue weighted by atomic mass is 19.4. The molecule has 0 amide bonds. The summed E-state index contributed by atoms with van der Waals surface area (Å²) in [6.45, 7) is 3.45. The van der Waals surface area contributed by atoms with Crippen molar-refractivity contribution in [3.63, 3.8) is 0 Å². The number of nitrogens with zero attached hydrogens (tertiary/aromatic N) is 2. The third-order valence-electron chi connectivity index (χ3n) is 4.75. The Hall–Kier alpha value is -3.74. The van der Waals surface area contributed by atoms with Gasteiger partial charge in [-0.15, -0.1) is 26.3 Å². The molecule has 0 saturated heterocycles. The van der Waals surface area contributed by atoms with Gasteiger partial charge < -0.3 is 25.2 Å². The fourth-order valence-corrected chi connectivity index (χ4v) is 3.08. The number of halogens is 6. The number of hydrogen-bond donors (Lipinski definition) is 3. The van der Waals surface area contributed by atoms with Crippen LogP contribution < -0.4 is 20.1 Å². The number of rotatable bonds is 9. The number of anilines is 3. The van der Waals surface area contributed by atoms with Crippen LogP contribution in [0.1, 0.15) is 13.8 Å². The Kier molecular flexibility index (Phi) is 8.13. The van der Waals surface area contributed by atoms with E-state index in [0.717, 1.165) is 24.3 Å². The third-order valence-corrected chi connectivity index (χ3v) is 4.75. The van der Waals surface area contributed by atoms with Gasteiger partial charge in [0.05, 0.1) is 18.3 Å². The molecule has 0 saturated carbocycles. The highest BCUT2D eigenvalue weighted by Crippen LogP contribution is 2.31. The zero-order valence-corrected chi connectivity index (χ0v) is 19.0. The number of benzene rings is 2. The van der Waals surface area contributed by atoms with E-state index in [9.17, 15) is 31.4 Å². The summed E-state index contributed by atoms with van der Waals surface area (Å²) in [5, 5.41) is 15.5. The lowest BCUT2D eigenvalue weighted by Gasteiger charge is -2.21. The molecule has 1 heterocycles. The van der Waals surface area contributed by atoms with Gasteiger partial charge in [-0.2, -0.15) is 4.98 Å². The first-order valence-corrected chi connectivity index (χ1v) is 10.6. The predicted molar refractivity (Wildman–Crippen MR) is 120 cm³/mol. The summed E-state index contributed by atoms with van der Waals surface area (Å²) in [4.78, 5) is 8.63. The zero-order valence-electron chi connectivity index (χ0n) is 19.0. The Morgan fingerprint density at radius 2 is 1.47 bits per heavy atom. The summed E-state index contributed by atoms with van der Waals surface area (Å²) in [6.07, 6.45) is -9.77. The molecule has 3 N–H and O–H groups in total. The lowest BCUT2D eigenvalue weighted by atomic mass is 10.1. The molecule has 0 bridgehead atoms. The maximum Gasteiger partial charge on any atom is 0.573 e. The van der Waals surface area contributed by atoms with Gasteiger partial charge in [-0.25, -0.2) is 4.98 Å². The Morgan fingerprint density at radius 1 is 0.861 bits per heavy atom. The molecular formula is C23H22F6N4O3. The standard InChI is InChI=1S/C23H22F6N4O3/c1-13(2)19(12-34)32-21-31-18(14-5-3-7-16(9-14)35-22(24,25)26)11-20(33-21)30-15-6-4-8-17(10-15)36-23(27,28)29/h3-11,13,19,34H,12H2,1-2H3,(H2,30,31,32,33)/t19-/m0/s1. The van der Waals surface area contributed by atoms with Crippen molar-refractivity contribution in [2.45, 2.75) is 32.6 Å². The van der Waals surface area contributed by atoms with Crippen LogP contribution in [-0.4, -0.2) is 40.4 Å². The number of aliphatic hydroxyl groups excluding tert-OH is 1. The predicted octanol–water partition coefficient (Wildman–Crippen LogP) is 6.11. The van der Waals surface area contributed by atoms with E-state index in [-0.39, 0.29) is 41.2 Å².